The fourth-order valence-electron chi connectivity index (χ4n) is 3.73. The maximum Gasteiger partial charge on any atom is 0.385 e. The summed E-state index contributed by atoms with van der Waals surface area (Å²) in [5.74, 6) is -3.26. The molecule has 0 aliphatic heterocycles. The highest BCUT2D eigenvalue weighted by atomic mass is 16.5. The quantitative estimate of drug-likeness (QED) is 0.365. The molecule has 0 heterocycles. The van der Waals surface area contributed by atoms with Crippen LogP contribution < -0.4 is 4.74 Å². The molecule has 2 aromatic rings. The Morgan fingerprint density at radius 1 is 0.893 bits per heavy atom. The van der Waals surface area contributed by atoms with Crippen molar-refractivity contribution in [3.05, 3.63) is 64.7 Å². The average Bonchev–Trinajstić information content (AvgIpc) is 2.65. The second kappa shape index (κ2) is 6.89. The molecule has 0 unspecified atom stereocenters. The zero-order valence-corrected chi connectivity index (χ0v) is 16.5. The molecule has 0 fully saturated rings. The number of carboxylic acids is 1. The molecule has 2 aromatic carbocycles. The van der Waals surface area contributed by atoms with Gasteiger partial charge >= 0.3 is 11.9 Å². The second-order valence-corrected chi connectivity index (χ2v) is 8.55. The molecule has 3 rings (SSSR count). The Hall–Kier alpha value is -2.95. The molecule has 1 aliphatic carbocycles. The van der Waals surface area contributed by atoms with Crippen LogP contribution in [0.3, 0.4) is 0 Å². The van der Waals surface area contributed by atoms with Gasteiger partial charge in [0.15, 0.2) is 0 Å². The molecule has 146 valence electrons. The molecule has 28 heavy (non-hydrogen) atoms. The van der Waals surface area contributed by atoms with E-state index in [1.807, 2.05) is 6.07 Å². The normalized spacial score (nSPS) is 16.7. The zero-order chi connectivity index (χ0) is 20.7. The summed E-state index contributed by atoms with van der Waals surface area (Å²) in [6.07, 6.45) is 2.04. The maximum absolute atomic E-state index is 12.7. The van der Waals surface area contributed by atoms with E-state index in [4.69, 9.17) is 4.74 Å². The van der Waals surface area contributed by atoms with Gasteiger partial charge in [-0.05, 0) is 53.0 Å². The smallest absolute Gasteiger partial charge is 0.385 e. The number of fused-ring (bicyclic) bond motifs is 1. The Kier molecular flexibility index (Phi) is 4.88. The van der Waals surface area contributed by atoms with Gasteiger partial charge in [0.25, 0.3) is 5.78 Å². The highest BCUT2D eigenvalue weighted by Crippen LogP contribution is 2.45. The maximum atomic E-state index is 12.7. The van der Waals surface area contributed by atoms with Crippen LogP contribution in [0.5, 0.6) is 5.75 Å². The third kappa shape index (κ3) is 3.57. The van der Waals surface area contributed by atoms with Crippen molar-refractivity contribution in [2.24, 2.45) is 0 Å². The molecule has 0 saturated heterocycles. The van der Waals surface area contributed by atoms with Crippen molar-refractivity contribution in [2.75, 3.05) is 0 Å². The third-order valence-electron chi connectivity index (χ3n) is 5.62. The van der Waals surface area contributed by atoms with Gasteiger partial charge < -0.3 is 9.84 Å². The van der Waals surface area contributed by atoms with Crippen LogP contribution in [0.1, 0.15) is 72.4 Å². The number of ether oxygens (including phenoxy) is 1. The van der Waals surface area contributed by atoms with Crippen molar-refractivity contribution in [2.45, 2.75) is 51.4 Å². The third-order valence-corrected chi connectivity index (χ3v) is 5.62. The zero-order valence-electron chi connectivity index (χ0n) is 16.5. The van der Waals surface area contributed by atoms with Gasteiger partial charge in [0.05, 0.1) is 0 Å². The molecule has 0 radical (unpaired) electrons. The van der Waals surface area contributed by atoms with Crippen LogP contribution in [0, 0.1) is 0 Å². The summed E-state index contributed by atoms with van der Waals surface area (Å²) in [6, 6.07) is 11.1. The number of benzene rings is 2. The van der Waals surface area contributed by atoms with E-state index in [0.29, 0.717) is 0 Å². The molecule has 1 aliphatic rings. The predicted octanol–water partition coefficient (Wildman–Crippen LogP) is 4.52. The van der Waals surface area contributed by atoms with Gasteiger partial charge in [0.2, 0.25) is 0 Å². The molecule has 0 spiro atoms. The fourth-order valence-corrected chi connectivity index (χ4v) is 3.73. The summed E-state index contributed by atoms with van der Waals surface area (Å²) in [4.78, 5) is 36.3. The van der Waals surface area contributed by atoms with Crippen molar-refractivity contribution >= 4 is 17.7 Å². The monoisotopic (exact) mass is 380 g/mol. The molecule has 0 amide bonds. The first kappa shape index (κ1) is 19.8. The lowest BCUT2D eigenvalue weighted by Gasteiger charge is -2.42. The Labute approximate surface area is 164 Å². The van der Waals surface area contributed by atoms with Gasteiger partial charge in [-0.25, -0.2) is 9.59 Å². The number of carbonyl (C=O) groups excluding carboxylic acids is 2. The SMILES string of the molecule is CC1(C)CCC(C)(C)c2cc(C(=O)C(=O)Oc3ccccc3C(=O)O)ccc21. The summed E-state index contributed by atoms with van der Waals surface area (Å²) in [7, 11) is 0. The van der Waals surface area contributed by atoms with E-state index in [2.05, 4.69) is 27.7 Å². The summed E-state index contributed by atoms with van der Waals surface area (Å²) in [5, 5.41) is 9.20. The van der Waals surface area contributed by atoms with Crippen LogP contribution in [-0.4, -0.2) is 22.8 Å². The number of ketones is 1. The summed E-state index contributed by atoms with van der Waals surface area (Å²) in [6.45, 7) is 8.63. The van der Waals surface area contributed by atoms with E-state index in [9.17, 15) is 19.5 Å². The minimum atomic E-state index is -1.23. The van der Waals surface area contributed by atoms with Crippen LogP contribution in [0.15, 0.2) is 42.5 Å². The first-order chi connectivity index (χ1) is 13.0. The van der Waals surface area contributed by atoms with Crippen molar-refractivity contribution in [3.63, 3.8) is 0 Å². The molecular formula is C23H24O5. The lowest BCUT2D eigenvalue weighted by Crippen LogP contribution is -2.34. The lowest BCUT2D eigenvalue weighted by atomic mass is 9.63. The number of rotatable bonds is 4. The number of hydrogen-bond donors (Lipinski definition) is 1. The average molecular weight is 380 g/mol. The first-order valence-electron chi connectivity index (χ1n) is 9.27. The number of esters is 1. The molecule has 0 saturated carbocycles. The molecular weight excluding hydrogens is 356 g/mol. The van der Waals surface area contributed by atoms with Gasteiger partial charge in [-0.2, -0.15) is 0 Å². The largest absolute Gasteiger partial charge is 0.478 e. The van der Waals surface area contributed by atoms with Gasteiger partial charge in [0.1, 0.15) is 11.3 Å². The number of carbonyl (C=O) groups is 3. The summed E-state index contributed by atoms with van der Waals surface area (Å²) < 4.78 is 5.09. The number of aromatic carboxylic acids is 1. The second-order valence-electron chi connectivity index (χ2n) is 8.55. The van der Waals surface area contributed by atoms with Crippen LogP contribution in [0.25, 0.3) is 0 Å². The van der Waals surface area contributed by atoms with Crippen molar-refractivity contribution in [1.29, 1.82) is 0 Å². The number of hydrogen-bond acceptors (Lipinski definition) is 4. The van der Waals surface area contributed by atoms with E-state index in [-0.39, 0.29) is 27.7 Å². The van der Waals surface area contributed by atoms with Crippen molar-refractivity contribution in [1.82, 2.24) is 0 Å². The molecule has 0 atom stereocenters. The summed E-state index contributed by atoms with van der Waals surface area (Å²) in [5.41, 5.74) is 2.24. The number of para-hydroxylation sites is 1. The van der Waals surface area contributed by atoms with Crippen LogP contribution in [0.4, 0.5) is 0 Å². The van der Waals surface area contributed by atoms with Gasteiger partial charge in [-0.1, -0.05) is 52.0 Å². The minimum absolute atomic E-state index is 0.00731. The Balaban J connectivity index is 1.92. The van der Waals surface area contributed by atoms with Crippen LogP contribution in [0.2, 0.25) is 0 Å². The van der Waals surface area contributed by atoms with E-state index in [1.165, 1.54) is 23.8 Å². The molecule has 5 nitrogen and oxygen atoms in total. The van der Waals surface area contributed by atoms with Crippen LogP contribution >= 0.6 is 0 Å². The van der Waals surface area contributed by atoms with E-state index >= 15 is 0 Å². The van der Waals surface area contributed by atoms with Gasteiger partial charge in [0, 0.05) is 5.56 Å². The Morgan fingerprint density at radius 3 is 2.14 bits per heavy atom. The molecule has 0 bridgehead atoms. The number of Topliss-reactive ketones (excluding diaryl/α,β-unsaturated/α-hetero) is 1. The van der Waals surface area contributed by atoms with Crippen LogP contribution in [-0.2, 0) is 15.6 Å². The minimum Gasteiger partial charge on any atom is -0.478 e. The highest BCUT2D eigenvalue weighted by Gasteiger charge is 2.37. The molecule has 1 N–H and O–H groups in total. The van der Waals surface area contributed by atoms with Crippen molar-refractivity contribution in [3.8, 4) is 5.75 Å². The number of carboxylic acid groups (broad SMARTS) is 1. The predicted molar refractivity (Wildman–Crippen MR) is 105 cm³/mol. The lowest BCUT2D eigenvalue weighted by molar-refractivity contribution is -0.129. The van der Waals surface area contributed by atoms with E-state index in [0.717, 1.165) is 18.4 Å². The topological polar surface area (TPSA) is 80.7 Å². The first-order valence-corrected chi connectivity index (χ1v) is 9.27. The van der Waals surface area contributed by atoms with Gasteiger partial charge in [-0.3, -0.25) is 4.79 Å². The Morgan fingerprint density at radius 2 is 1.50 bits per heavy atom. The molecule has 0 aromatic heterocycles. The fraction of sp³-hybridized carbons (Fsp3) is 0.348. The van der Waals surface area contributed by atoms with Gasteiger partial charge in [-0.15, -0.1) is 0 Å². The molecule has 5 heteroatoms. The van der Waals surface area contributed by atoms with E-state index < -0.39 is 17.7 Å². The standard InChI is InChI=1S/C23H24O5/c1-22(2)11-12-23(3,4)17-13-14(9-10-16(17)22)19(24)21(27)28-18-8-6-5-7-15(18)20(25)26/h5-10,13H,11-12H2,1-4H3,(H,25,26). The van der Waals surface area contributed by atoms with Crippen molar-refractivity contribution < 1.29 is 24.2 Å². The highest BCUT2D eigenvalue weighted by molar-refractivity contribution is 6.41. The van der Waals surface area contributed by atoms with E-state index in [1.54, 1.807) is 18.2 Å². The Bertz CT molecular complexity index is 969. The summed E-state index contributed by atoms with van der Waals surface area (Å²) >= 11 is 0.